The average molecular weight is 358 g/mol. The molecule has 2 aromatic carbocycles. The van der Waals surface area contributed by atoms with E-state index in [0.29, 0.717) is 17.7 Å². The molecule has 0 radical (unpaired) electrons. The molecule has 0 aliphatic heterocycles. The van der Waals surface area contributed by atoms with E-state index in [4.69, 9.17) is 9.47 Å². The highest BCUT2D eigenvalue weighted by Gasteiger charge is 2.17. The van der Waals surface area contributed by atoms with Crippen molar-refractivity contribution in [3.8, 4) is 0 Å². The number of rotatable bonds is 7. The Balaban J connectivity index is 1.94. The molecule has 2 aromatic rings. The lowest BCUT2D eigenvalue weighted by Gasteiger charge is -2.08. The lowest BCUT2D eigenvalue weighted by atomic mass is 10.1. The second-order valence-corrected chi connectivity index (χ2v) is 5.53. The van der Waals surface area contributed by atoms with Crippen molar-refractivity contribution in [2.24, 2.45) is 0 Å². The molecule has 1 N–H and O–H groups in total. The smallest absolute Gasteiger partial charge is 0.338 e. The third-order valence-corrected chi connectivity index (χ3v) is 3.46. The van der Waals surface area contributed by atoms with Gasteiger partial charge in [-0.25, -0.2) is 4.79 Å². The number of amides is 1. The van der Waals surface area contributed by atoms with Crippen LogP contribution in [-0.4, -0.2) is 30.5 Å². The highest BCUT2D eigenvalue weighted by Crippen LogP contribution is 2.25. The predicted molar refractivity (Wildman–Crippen MR) is 93.9 cm³/mol. The first-order valence-corrected chi connectivity index (χ1v) is 7.70. The van der Waals surface area contributed by atoms with Crippen LogP contribution in [0.2, 0.25) is 0 Å². The fourth-order valence-electron chi connectivity index (χ4n) is 2.20. The molecule has 8 heteroatoms. The maximum absolute atomic E-state index is 11.9. The van der Waals surface area contributed by atoms with Crippen molar-refractivity contribution in [3.05, 3.63) is 69.3 Å². The summed E-state index contributed by atoms with van der Waals surface area (Å²) in [5.41, 5.74) is 1.70. The summed E-state index contributed by atoms with van der Waals surface area (Å²) in [5.74, 6) is -1.33. The molecule has 0 atom stereocenters. The molecule has 26 heavy (non-hydrogen) atoms. The van der Waals surface area contributed by atoms with E-state index < -0.39 is 23.4 Å². The van der Waals surface area contributed by atoms with Crippen LogP contribution in [-0.2, 0) is 20.9 Å². The monoisotopic (exact) mass is 358 g/mol. The number of methoxy groups -OCH3 is 1. The molecule has 0 saturated carbocycles. The fourth-order valence-corrected chi connectivity index (χ4v) is 2.20. The molecule has 0 spiro atoms. The number of nitro benzene ring substituents is 1. The van der Waals surface area contributed by atoms with Crippen LogP contribution in [0, 0.1) is 17.0 Å². The molecular weight excluding hydrogens is 340 g/mol. The van der Waals surface area contributed by atoms with Crippen molar-refractivity contribution in [1.29, 1.82) is 0 Å². The van der Waals surface area contributed by atoms with Gasteiger partial charge in [0.05, 0.1) is 17.1 Å². The first-order valence-electron chi connectivity index (χ1n) is 7.70. The molecule has 2 rings (SSSR count). The van der Waals surface area contributed by atoms with Gasteiger partial charge in [0.2, 0.25) is 0 Å². The van der Waals surface area contributed by atoms with E-state index in [1.807, 2.05) is 0 Å². The predicted octanol–water partition coefficient (Wildman–Crippen LogP) is 2.85. The minimum Gasteiger partial charge on any atom is -0.452 e. The number of esters is 1. The van der Waals surface area contributed by atoms with Crippen molar-refractivity contribution < 1.29 is 24.0 Å². The molecule has 1 amide bonds. The molecule has 136 valence electrons. The molecule has 0 saturated heterocycles. The minimum absolute atomic E-state index is 0.0468. The van der Waals surface area contributed by atoms with Gasteiger partial charge in [-0.05, 0) is 36.2 Å². The normalized spacial score (nSPS) is 10.2. The van der Waals surface area contributed by atoms with Crippen LogP contribution in [0.5, 0.6) is 0 Å². The molecule has 0 aliphatic carbocycles. The van der Waals surface area contributed by atoms with Crippen LogP contribution in [0.1, 0.15) is 21.5 Å². The summed E-state index contributed by atoms with van der Waals surface area (Å²) < 4.78 is 9.91. The van der Waals surface area contributed by atoms with E-state index in [1.165, 1.54) is 12.1 Å². The van der Waals surface area contributed by atoms with Gasteiger partial charge < -0.3 is 14.8 Å². The van der Waals surface area contributed by atoms with Crippen molar-refractivity contribution in [1.82, 2.24) is 0 Å². The fraction of sp³-hybridized carbons (Fsp3) is 0.222. The Hall–Kier alpha value is -3.26. The molecule has 0 fully saturated rings. The number of nitrogens with zero attached hydrogens (tertiary/aromatic N) is 1. The van der Waals surface area contributed by atoms with Crippen LogP contribution < -0.4 is 5.32 Å². The largest absolute Gasteiger partial charge is 0.452 e. The number of aryl methyl sites for hydroxylation is 1. The molecule has 0 aromatic heterocycles. The van der Waals surface area contributed by atoms with Crippen molar-refractivity contribution in [3.63, 3.8) is 0 Å². The molecule has 0 aliphatic rings. The standard InChI is InChI=1S/C18H18N2O6/c1-12-3-8-15(16(9-12)20(23)24)19-17(21)11-26-18(22)14-6-4-13(5-7-14)10-25-2/h3-9H,10-11H2,1-2H3,(H,19,21). The molecule has 0 unspecified atom stereocenters. The summed E-state index contributed by atoms with van der Waals surface area (Å²) in [4.78, 5) is 34.3. The second-order valence-electron chi connectivity index (χ2n) is 5.53. The summed E-state index contributed by atoms with van der Waals surface area (Å²) in [5, 5.41) is 13.4. The lowest BCUT2D eigenvalue weighted by molar-refractivity contribution is -0.384. The number of nitrogens with one attached hydrogen (secondary N) is 1. The zero-order valence-corrected chi connectivity index (χ0v) is 14.4. The van der Waals surface area contributed by atoms with Crippen LogP contribution in [0.4, 0.5) is 11.4 Å². The van der Waals surface area contributed by atoms with Gasteiger partial charge in [-0.1, -0.05) is 18.2 Å². The zero-order chi connectivity index (χ0) is 19.1. The summed E-state index contributed by atoms with van der Waals surface area (Å²) in [6.07, 6.45) is 0. The number of carbonyl (C=O) groups excluding carboxylic acids is 2. The van der Waals surface area contributed by atoms with Gasteiger partial charge in [0.25, 0.3) is 11.6 Å². The van der Waals surface area contributed by atoms with Gasteiger partial charge in [0, 0.05) is 13.2 Å². The van der Waals surface area contributed by atoms with Gasteiger partial charge in [-0.15, -0.1) is 0 Å². The number of hydrogen-bond acceptors (Lipinski definition) is 6. The third-order valence-electron chi connectivity index (χ3n) is 3.46. The van der Waals surface area contributed by atoms with Crippen LogP contribution in [0.25, 0.3) is 0 Å². The molecular formula is C18H18N2O6. The Morgan fingerprint density at radius 2 is 1.85 bits per heavy atom. The third kappa shape index (κ3) is 5.12. The van der Waals surface area contributed by atoms with Crippen LogP contribution >= 0.6 is 0 Å². The summed E-state index contributed by atoms with van der Waals surface area (Å²) in [6, 6.07) is 11.0. The summed E-state index contributed by atoms with van der Waals surface area (Å²) >= 11 is 0. The van der Waals surface area contributed by atoms with Gasteiger partial charge in [0.1, 0.15) is 5.69 Å². The van der Waals surface area contributed by atoms with E-state index in [-0.39, 0.29) is 11.4 Å². The topological polar surface area (TPSA) is 108 Å². The maximum Gasteiger partial charge on any atom is 0.338 e. The van der Waals surface area contributed by atoms with Gasteiger partial charge in [0.15, 0.2) is 6.61 Å². The van der Waals surface area contributed by atoms with Gasteiger partial charge >= 0.3 is 5.97 Å². The Labute approximate surface area is 149 Å². The SMILES string of the molecule is COCc1ccc(C(=O)OCC(=O)Nc2ccc(C)cc2[N+](=O)[O-])cc1. The molecule has 8 nitrogen and oxygen atoms in total. The Kier molecular flexibility index (Phi) is 6.40. The van der Waals surface area contributed by atoms with E-state index in [1.54, 1.807) is 44.4 Å². The van der Waals surface area contributed by atoms with Crippen molar-refractivity contribution in [2.75, 3.05) is 19.0 Å². The quantitative estimate of drug-likeness (QED) is 0.463. The Morgan fingerprint density at radius 3 is 2.46 bits per heavy atom. The van der Waals surface area contributed by atoms with Crippen LogP contribution in [0.3, 0.4) is 0 Å². The number of anilines is 1. The first kappa shape index (κ1) is 19.1. The number of hydrogen-bond donors (Lipinski definition) is 1. The van der Waals surface area contributed by atoms with E-state index in [0.717, 1.165) is 5.56 Å². The summed E-state index contributed by atoms with van der Waals surface area (Å²) in [7, 11) is 1.57. The Bertz CT molecular complexity index is 817. The van der Waals surface area contributed by atoms with E-state index >= 15 is 0 Å². The molecule has 0 heterocycles. The highest BCUT2D eigenvalue weighted by atomic mass is 16.6. The van der Waals surface area contributed by atoms with Gasteiger partial charge in [-0.2, -0.15) is 0 Å². The highest BCUT2D eigenvalue weighted by molar-refractivity contribution is 5.96. The zero-order valence-electron chi connectivity index (χ0n) is 14.4. The van der Waals surface area contributed by atoms with E-state index in [2.05, 4.69) is 5.32 Å². The van der Waals surface area contributed by atoms with E-state index in [9.17, 15) is 19.7 Å². The summed E-state index contributed by atoms with van der Waals surface area (Å²) in [6.45, 7) is 1.58. The number of benzene rings is 2. The lowest BCUT2D eigenvalue weighted by Crippen LogP contribution is -2.21. The second kappa shape index (κ2) is 8.72. The average Bonchev–Trinajstić information content (AvgIpc) is 2.62. The minimum atomic E-state index is -0.665. The maximum atomic E-state index is 11.9. The Morgan fingerprint density at radius 1 is 1.15 bits per heavy atom. The first-order chi connectivity index (χ1) is 12.4. The number of ether oxygens (including phenoxy) is 2. The molecule has 0 bridgehead atoms. The number of nitro groups is 1. The van der Waals surface area contributed by atoms with Crippen molar-refractivity contribution in [2.45, 2.75) is 13.5 Å². The van der Waals surface area contributed by atoms with Crippen molar-refractivity contribution >= 4 is 23.3 Å². The van der Waals surface area contributed by atoms with Gasteiger partial charge in [-0.3, -0.25) is 14.9 Å². The number of carbonyl (C=O) groups is 2. The van der Waals surface area contributed by atoms with Crippen LogP contribution in [0.15, 0.2) is 42.5 Å².